The zero-order chi connectivity index (χ0) is 19.9. The quantitative estimate of drug-likeness (QED) is 0.603. The van der Waals surface area contributed by atoms with Crippen molar-refractivity contribution >= 4 is 17.4 Å². The number of carbonyl (C=O) groups is 1. The van der Waals surface area contributed by atoms with E-state index in [9.17, 15) is 9.18 Å². The van der Waals surface area contributed by atoms with E-state index in [1.54, 1.807) is 12.1 Å². The second-order valence-corrected chi connectivity index (χ2v) is 5.95. The Morgan fingerprint density at radius 1 is 1.43 bits per heavy atom. The lowest BCUT2D eigenvalue weighted by Crippen LogP contribution is -2.33. The summed E-state index contributed by atoms with van der Waals surface area (Å²) in [4.78, 5) is 18.8. The second kappa shape index (κ2) is 9.12. The summed E-state index contributed by atoms with van der Waals surface area (Å²) in [5.41, 5.74) is 6.76. The van der Waals surface area contributed by atoms with Crippen molar-refractivity contribution in [1.29, 1.82) is 0 Å². The van der Waals surface area contributed by atoms with Crippen molar-refractivity contribution in [3.8, 4) is 17.6 Å². The van der Waals surface area contributed by atoms with Crippen molar-refractivity contribution in [2.75, 3.05) is 37.5 Å². The fourth-order valence-electron chi connectivity index (χ4n) is 2.42. The number of nitrogens with one attached hydrogen (secondary N) is 1. The van der Waals surface area contributed by atoms with Crippen LogP contribution in [0.3, 0.4) is 0 Å². The molecule has 0 aromatic carbocycles. The summed E-state index contributed by atoms with van der Waals surface area (Å²) in [5.74, 6) is 5.04. The Hall–Kier alpha value is -3.22. The summed E-state index contributed by atoms with van der Waals surface area (Å²) in [7, 11) is 0. The van der Waals surface area contributed by atoms with Gasteiger partial charge in [-0.15, -0.1) is 0 Å². The lowest BCUT2D eigenvalue weighted by molar-refractivity contribution is -0.114. The number of hydrogen-bond acceptors (Lipinski definition) is 7. The number of aromatic nitrogens is 2. The predicted molar refractivity (Wildman–Crippen MR) is 99.2 cm³/mol. The number of hydrogen-bond donors (Lipinski definition) is 2. The Kier molecular flexibility index (Phi) is 6.37. The van der Waals surface area contributed by atoms with Gasteiger partial charge in [0.25, 0.3) is 0 Å². The molecule has 1 aliphatic rings. The van der Waals surface area contributed by atoms with Crippen LogP contribution in [0.15, 0.2) is 24.4 Å². The summed E-state index contributed by atoms with van der Waals surface area (Å²) >= 11 is 0. The van der Waals surface area contributed by atoms with Gasteiger partial charge in [-0.25, -0.2) is 9.97 Å². The predicted octanol–water partition coefficient (Wildman–Crippen LogP) is 1.35. The third kappa shape index (κ3) is 5.39. The Bertz CT molecular complexity index is 920. The van der Waals surface area contributed by atoms with Gasteiger partial charge >= 0.3 is 0 Å². The maximum Gasteiger partial charge on any atom is 0.222 e. The highest BCUT2D eigenvalue weighted by molar-refractivity contribution is 5.87. The van der Waals surface area contributed by atoms with E-state index >= 15 is 0 Å². The van der Waals surface area contributed by atoms with Gasteiger partial charge in [-0.2, -0.15) is 4.39 Å². The van der Waals surface area contributed by atoms with Crippen LogP contribution in [-0.2, 0) is 14.3 Å². The molecule has 0 aliphatic carbocycles. The summed E-state index contributed by atoms with van der Waals surface area (Å²) in [6, 6.07) is 4.33. The smallest absolute Gasteiger partial charge is 0.222 e. The van der Waals surface area contributed by atoms with E-state index in [4.69, 9.17) is 19.9 Å². The van der Waals surface area contributed by atoms with Crippen molar-refractivity contribution in [1.82, 2.24) is 9.97 Å². The van der Waals surface area contributed by atoms with E-state index in [2.05, 4.69) is 27.1 Å². The molecule has 2 aromatic heterocycles. The highest BCUT2D eigenvalue weighted by atomic mass is 19.1. The summed E-state index contributed by atoms with van der Waals surface area (Å²) in [6.45, 7) is 2.98. The molecule has 0 saturated carbocycles. The Morgan fingerprint density at radius 3 is 3.04 bits per heavy atom. The van der Waals surface area contributed by atoms with Crippen LogP contribution in [0, 0.1) is 17.8 Å². The maximum absolute atomic E-state index is 13.9. The van der Waals surface area contributed by atoms with Gasteiger partial charge in [-0.1, -0.05) is 5.92 Å². The number of nitrogens with two attached hydrogens (primary N) is 1. The monoisotopic (exact) mass is 386 g/mol. The van der Waals surface area contributed by atoms with Crippen LogP contribution < -0.4 is 15.8 Å². The van der Waals surface area contributed by atoms with Gasteiger partial charge < -0.3 is 25.3 Å². The van der Waals surface area contributed by atoms with E-state index in [-0.39, 0.29) is 35.7 Å². The lowest BCUT2D eigenvalue weighted by Gasteiger charge is -2.23. The molecule has 9 heteroatoms. The van der Waals surface area contributed by atoms with Gasteiger partial charge in [0.1, 0.15) is 35.7 Å². The minimum absolute atomic E-state index is 0.0497. The van der Waals surface area contributed by atoms with Crippen molar-refractivity contribution in [2.45, 2.75) is 13.0 Å². The molecular weight excluding hydrogens is 367 g/mol. The third-order valence-electron chi connectivity index (χ3n) is 3.69. The maximum atomic E-state index is 13.9. The molecule has 1 amide bonds. The number of rotatable bonds is 4. The van der Waals surface area contributed by atoms with Crippen molar-refractivity contribution in [3.05, 3.63) is 41.6 Å². The first-order chi connectivity index (χ1) is 13.5. The lowest BCUT2D eigenvalue weighted by atomic mass is 10.2. The van der Waals surface area contributed by atoms with Crippen LogP contribution in [0.4, 0.5) is 15.9 Å². The molecule has 3 rings (SSSR count). The number of amides is 1. The Balaban J connectivity index is 1.76. The fraction of sp³-hybridized carbons (Fsp3) is 0.316. The Labute approximate surface area is 161 Å². The molecule has 1 saturated heterocycles. The zero-order valence-electron chi connectivity index (χ0n) is 15.2. The van der Waals surface area contributed by atoms with Crippen LogP contribution in [-0.4, -0.2) is 48.4 Å². The average molecular weight is 386 g/mol. The van der Waals surface area contributed by atoms with E-state index < -0.39 is 5.95 Å². The number of anilines is 2. The summed E-state index contributed by atoms with van der Waals surface area (Å²) in [6.07, 6.45) is 1.25. The molecule has 3 heterocycles. The number of halogens is 1. The summed E-state index contributed by atoms with van der Waals surface area (Å²) < 4.78 is 30.2. The standard InChI is InChI=1S/C19H19FN4O4/c1-12(25)23-18-8-13(4-5-22-18)2-3-15-19(21)16(9-17(20)24-15)28-11-14-10-26-6-7-27-14/h4-5,8-9,14H,6-7,10-11,21H2,1H3,(H,22,23,25)/t14-/m1/s1. The number of pyridine rings is 2. The third-order valence-corrected chi connectivity index (χ3v) is 3.69. The van der Waals surface area contributed by atoms with Crippen molar-refractivity contribution < 1.29 is 23.4 Å². The number of carbonyl (C=O) groups excluding carboxylic acids is 1. The molecule has 1 fully saturated rings. The fourth-order valence-corrected chi connectivity index (χ4v) is 2.42. The molecule has 1 atom stereocenters. The molecule has 3 N–H and O–H groups in total. The molecule has 1 aliphatic heterocycles. The summed E-state index contributed by atoms with van der Waals surface area (Å²) in [5, 5.41) is 2.56. The first kappa shape index (κ1) is 19.5. The molecule has 0 spiro atoms. The average Bonchev–Trinajstić information content (AvgIpc) is 2.68. The first-order valence-corrected chi connectivity index (χ1v) is 8.55. The van der Waals surface area contributed by atoms with Gasteiger partial charge in [0.15, 0.2) is 0 Å². The molecule has 8 nitrogen and oxygen atoms in total. The highest BCUT2D eigenvalue weighted by Gasteiger charge is 2.17. The molecule has 146 valence electrons. The van der Waals surface area contributed by atoms with Gasteiger partial charge in [0.2, 0.25) is 11.9 Å². The van der Waals surface area contributed by atoms with Crippen LogP contribution in [0.25, 0.3) is 0 Å². The first-order valence-electron chi connectivity index (χ1n) is 8.55. The molecule has 0 radical (unpaired) electrons. The van der Waals surface area contributed by atoms with Gasteiger partial charge in [0.05, 0.1) is 19.8 Å². The van der Waals surface area contributed by atoms with E-state index in [0.29, 0.717) is 31.2 Å². The van der Waals surface area contributed by atoms with E-state index in [0.717, 1.165) is 6.07 Å². The molecule has 28 heavy (non-hydrogen) atoms. The van der Waals surface area contributed by atoms with Gasteiger partial charge in [-0.05, 0) is 18.1 Å². The van der Waals surface area contributed by atoms with Gasteiger partial charge in [-0.3, -0.25) is 4.79 Å². The van der Waals surface area contributed by atoms with Crippen molar-refractivity contribution in [3.63, 3.8) is 0 Å². The second-order valence-electron chi connectivity index (χ2n) is 5.95. The van der Waals surface area contributed by atoms with Crippen LogP contribution >= 0.6 is 0 Å². The van der Waals surface area contributed by atoms with E-state index in [1.807, 2.05) is 0 Å². The minimum atomic E-state index is -0.761. The largest absolute Gasteiger partial charge is 0.488 e. The van der Waals surface area contributed by atoms with E-state index in [1.165, 1.54) is 13.1 Å². The zero-order valence-corrected chi connectivity index (χ0v) is 15.2. The number of ether oxygens (including phenoxy) is 3. The topological polar surface area (TPSA) is 109 Å². The Morgan fingerprint density at radius 2 is 2.29 bits per heavy atom. The molecule has 2 aromatic rings. The normalized spacial score (nSPS) is 16.0. The highest BCUT2D eigenvalue weighted by Crippen LogP contribution is 2.25. The SMILES string of the molecule is CC(=O)Nc1cc(C#Cc2nc(F)cc(OC[C@H]3COCCO3)c2N)ccn1. The van der Waals surface area contributed by atoms with Gasteiger partial charge in [0, 0.05) is 24.8 Å². The van der Waals surface area contributed by atoms with Crippen LogP contribution in [0.5, 0.6) is 5.75 Å². The molecular formula is C19H19FN4O4. The number of nitrogens with zero attached hydrogens (tertiary/aromatic N) is 2. The number of nitrogen functional groups attached to an aromatic ring is 1. The minimum Gasteiger partial charge on any atom is -0.488 e. The molecule has 0 bridgehead atoms. The van der Waals surface area contributed by atoms with Crippen LogP contribution in [0.2, 0.25) is 0 Å². The van der Waals surface area contributed by atoms with Crippen LogP contribution in [0.1, 0.15) is 18.2 Å². The van der Waals surface area contributed by atoms with Crippen molar-refractivity contribution in [2.24, 2.45) is 0 Å². The molecule has 0 unspecified atom stereocenters.